The Balaban J connectivity index is 0.800. The van der Waals surface area contributed by atoms with Gasteiger partial charge in [-0.25, -0.2) is 29.0 Å². The van der Waals surface area contributed by atoms with Crippen molar-refractivity contribution < 1.29 is 173 Å². The standard InChI is InChI=1S/C79H119N18O45P5S2/c1-13-42-50(56(122-21-15-116-8)73(132-42)97-36-84-48-64(97)88-74(83)89-67(48)101)138-143(107,108)127-32-44-51(57(123-22-16-117-9)69(134-44)92-26-37(2)61(80)85-75(92)102)139-144(109,110)128-33-45-52(58(124-23-17-118-10)70(135-45)93-27-38(3)62(81)86-76(93)103)140-145(111,112)129-34-46-53(59(125-24-18-119-11)71(136-46)94-28-39(4)63(82)87-77(94)104)141-147(114,149)131-35-47-54(60(126-25-19-120-12)72(137-47)96-30-41(6)66(100)91-79(96)106)142-146(113,148)130-31-43-49(98)55(121-20-14-115-7)68(133-43)95-29-40(5)65(99)90-78(95)105/h26-30,36,42-47,49-60,68-73,98H,13-25,31-35H2,1-12H3,(H,107,108)(H,109,110)(H,111,112)(H,113,148)(H,114,149)(H2,80,85,102)(H2,81,86,103)(H2,82,87,104)(H,90,99,105)(H,91,100,106)(H3,83,88,89,101)/p-5/t42-,43-,44-,45-,46-,47-,49?,50?,51?,52?,53?,54?,55+,56+,57+,58+,59+,60+,68-,69-,70-,71-,72-,73-,146?,147?/m1/s1. The van der Waals surface area contributed by atoms with Gasteiger partial charge in [0.2, 0.25) is 5.95 Å². The van der Waals surface area contributed by atoms with Crippen molar-refractivity contribution in [3.8, 4) is 0 Å². The van der Waals surface area contributed by atoms with E-state index < -0.39 is 282 Å². The van der Waals surface area contributed by atoms with Gasteiger partial charge in [-0.2, -0.15) is 19.9 Å². The molecule has 0 aromatic carbocycles. The molecule has 12 N–H and O–H groups in total. The number of methoxy groups -OCH3 is 6. The number of phosphoric ester groups is 3. The molecule has 0 radical (unpaired) electrons. The van der Waals surface area contributed by atoms with Crippen LogP contribution in [0.4, 0.5) is 23.4 Å². The molecule has 6 saturated heterocycles. The van der Waals surface area contributed by atoms with Crippen molar-refractivity contribution >= 4 is 95.6 Å². The summed E-state index contributed by atoms with van der Waals surface area (Å²) >= 11 is 11.1. The number of hydrogen-bond donors (Lipinski definition) is 8. The average molecular weight is 2250 g/mol. The van der Waals surface area contributed by atoms with E-state index in [-0.39, 0.29) is 128 Å². The Bertz CT molecular complexity index is 6550. The topological polar surface area (TPSA) is 821 Å². The minimum absolute atomic E-state index is 0.0176. The number of aromatic amines is 3. The van der Waals surface area contributed by atoms with Crippen LogP contribution in [0.25, 0.3) is 11.2 Å². The zero-order valence-electron chi connectivity index (χ0n) is 81.7. The number of ether oxygens (including phenoxy) is 18. The average Bonchev–Trinajstić information content (AvgIpc) is 1.57. The highest BCUT2D eigenvalue weighted by atomic mass is 32.7. The van der Waals surface area contributed by atoms with E-state index in [1.165, 1.54) is 88.2 Å². The largest absolute Gasteiger partial charge is 0.780 e. The number of hydrogen-bond acceptors (Lipinski definition) is 56. The third kappa shape index (κ3) is 28.9. The predicted molar refractivity (Wildman–Crippen MR) is 503 cm³/mol. The third-order valence-electron chi connectivity index (χ3n) is 23.9. The van der Waals surface area contributed by atoms with Gasteiger partial charge < -0.3 is 190 Å². The molecule has 0 amide bonds. The van der Waals surface area contributed by atoms with Crippen LogP contribution in [0, 0.1) is 34.6 Å². The molecule has 29 atom stereocenters. The smallest absolute Gasteiger partial charge is 0.351 e. The molecule has 0 bridgehead atoms. The number of nitrogens with two attached hydrogens (primary N) is 4. The molecule has 832 valence electrons. The number of nitrogens with zero attached hydrogens (tertiary/aromatic N) is 11. The molecule has 6 fully saturated rings. The maximum Gasteiger partial charge on any atom is 0.351 e. The first-order valence-electron chi connectivity index (χ1n) is 45.5. The number of nitrogen functional groups attached to an aromatic ring is 4. The van der Waals surface area contributed by atoms with Gasteiger partial charge in [0, 0.05) is 101 Å². The summed E-state index contributed by atoms with van der Waals surface area (Å²) in [5.41, 5.74) is 16.4. The molecule has 63 nitrogen and oxygen atoms in total. The number of rotatable bonds is 56. The number of aliphatic hydroxyl groups excluding tert-OH is 1. The van der Waals surface area contributed by atoms with Crippen molar-refractivity contribution in [3.05, 3.63) is 149 Å². The highest BCUT2D eigenvalue weighted by Crippen LogP contribution is 2.56. The van der Waals surface area contributed by atoms with Crippen molar-refractivity contribution in [2.45, 2.75) is 195 Å². The normalized spacial score (nSPS) is 29.2. The first kappa shape index (κ1) is 118. The number of phosphoric acid groups is 3. The van der Waals surface area contributed by atoms with Crippen LogP contribution in [0.15, 0.2) is 75.7 Å². The number of imidazole rings is 1. The summed E-state index contributed by atoms with van der Waals surface area (Å²) in [6.07, 6.45) is -36.3. The Hall–Kier alpha value is -7.85. The van der Waals surface area contributed by atoms with Gasteiger partial charge in [-0.1, -0.05) is 18.7 Å². The molecule has 6 aliphatic heterocycles. The van der Waals surface area contributed by atoms with Crippen molar-refractivity contribution in [2.75, 3.05) is 178 Å². The van der Waals surface area contributed by atoms with Crippen LogP contribution >= 0.6 is 37.0 Å². The number of aryl methyl sites for hydroxylation is 5. The zero-order valence-corrected chi connectivity index (χ0v) is 87.8. The third-order valence-corrected chi connectivity index (χ3v) is 29.9. The SMILES string of the molecule is CC[C@H]1O[C@@H](n2cnc3c(=O)[nH]c(N)nc32)[C@@H](OCCOC)C1OP(=O)([O-])OC[C@H]1O[C@@H](n2cc(C)c(N)nc2=O)[C@@H](OCCOC)C1OP(=O)([O-])OC[C@H]1O[C@@H](n2cc(C)c(N)nc2=O)[C@@H](OCCOC)C1OP(=O)([O-])OC[C@H]1O[C@@H](n2cc(C)c(N)nc2=O)[C@@H](OCCOC)C1OP([O-])(=S)OC[C@H]1O[C@@H](n2cc(C)c(=O)[nH]c2=O)[C@@H](OCCOC)C1OP(=O)([S-])OC[C@H]1O[C@@H](n2cc(C)c(=O)[nH]c2=O)[C@@H](OCCOC)C1O. The molecule has 0 spiro atoms. The summed E-state index contributed by atoms with van der Waals surface area (Å²) in [7, 11) is -10.6. The van der Waals surface area contributed by atoms with Crippen LogP contribution in [0.5, 0.6) is 0 Å². The van der Waals surface area contributed by atoms with Crippen LogP contribution in [-0.2, 0) is 173 Å². The quantitative estimate of drug-likeness (QED) is 0.0100. The van der Waals surface area contributed by atoms with E-state index in [1.54, 1.807) is 6.92 Å². The maximum absolute atomic E-state index is 15.5. The maximum atomic E-state index is 15.5. The Morgan fingerprint density at radius 3 is 1.03 bits per heavy atom. The van der Waals surface area contributed by atoms with Gasteiger partial charge in [0.25, 0.3) is 40.1 Å². The molecule has 13 rings (SSSR count). The molecule has 0 saturated carbocycles. The van der Waals surface area contributed by atoms with Gasteiger partial charge in [0.15, 0.2) is 55.3 Å². The summed E-state index contributed by atoms with van der Waals surface area (Å²) in [5.74, 6) is -1.15. The van der Waals surface area contributed by atoms with E-state index >= 15 is 23.8 Å². The lowest BCUT2D eigenvalue weighted by atomic mass is 10.1. The van der Waals surface area contributed by atoms with Gasteiger partial charge in [-0.15, -0.1) is 0 Å². The minimum atomic E-state index is -6.29. The van der Waals surface area contributed by atoms with Crippen LogP contribution in [0.2, 0.25) is 0 Å². The summed E-state index contributed by atoms with van der Waals surface area (Å²) in [5, 5.41) is 11.7. The number of aliphatic hydroxyl groups is 1. The van der Waals surface area contributed by atoms with E-state index in [0.717, 1.165) is 53.8 Å². The molecular weight excluding hydrogens is 2140 g/mol. The zero-order chi connectivity index (χ0) is 108. The lowest BCUT2D eigenvalue weighted by Gasteiger charge is -2.36. The Morgan fingerprint density at radius 2 is 0.671 bits per heavy atom. The monoisotopic (exact) mass is 2250 g/mol. The highest BCUT2D eigenvalue weighted by molar-refractivity contribution is 8.32. The summed E-state index contributed by atoms with van der Waals surface area (Å²) in [4.78, 5) is 195. The second-order valence-electron chi connectivity index (χ2n) is 34.1. The van der Waals surface area contributed by atoms with E-state index in [2.05, 4.69) is 39.9 Å². The second kappa shape index (κ2) is 51.7. The lowest BCUT2D eigenvalue weighted by molar-refractivity contribution is -0.241. The van der Waals surface area contributed by atoms with Gasteiger partial charge >= 0.3 is 28.4 Å². The number of fused-ring (bicyclic) bond motifs is 1. The van der Waals surface area contributed by atoms with Crippen LogP contribution in [0.1, 0.15) is 78.5 Å². The molecule has 0 aliphatic carbocycles. The van der Waals surface area contributed by atoms with E-state index in [9.17, 15) is 57.5 Å². The van der Waals surface area contributed by atoms with Gasteiger partial charge in [0.05, 0.1) is 125 Å². The number of H-pyrrole nitrogens is 3. The fourth-order valence-electron chi connectivity index (χ4n) is 16.6. The number of aromatic nitrogens is 14. The van der Waals surface area contributed by atoms with Crippen molar-refractivity contribution in [1.29, 1.82) is 0 Å². The van der Waals surface area contributed by atoms with Crippen molar-refractivity contribution in [2.24, 2.45) is 0 Å². The van der Waals surface area contributed by atoms with Gasteiger partial charge in [-0.3, -0.25) is 75.0 Å². The van der Waals surface area contributed by atoms with E-state index in [4.69, 9.17) is 177 Å². The fourth-order valence-corrected chi connectivity index (χ4v) is 22.3. The van der Waals surface area contributed by atoms with Crippen LogP contribution in [0.3, 0.4) is 0 Å². The van der Waals surface area contributed by atoms with Crippen molar-refractivity contribution in [1.82, 2.24) is 67.3 Å². The Kier molecular flexibility index (Phi) is 41.0. The predicted octanol–water partition coefficient (Wildman–Crippen LogP) is -5.14. The van der Waals surface area contributed by atoms with Crippen LogP contribution in [-0.4, -0.2) is 337 Å². The first-order valence-corrected chi connectivity index (χ1v) is 55.0. The Morgan fingerprint density at radius 1 is 0.376 bits per heavy atom. The fraction of sp³-hybridized carbons (Fsp3) is 0.684. The molecular formula is C79H114N18O45P5S2-5. The summed E-state index contributed by atoms with van der Waals surface area (Å²) in [6.45, 7) is -11.3. The molecule has 7 aromatic heterocycles. The molecule has 70 heteroatoms. The molecule has 149 heavy (non-hydrogen) atoms. The first-order chi connectivity index (χ1) is 70.7. The summed E-state index contributed by atoms with van der Waals surface area (Å²) < 4.78 is 230. The number of nitrogens with one attached hydrogen (secondary N) is 3. The molecule has 6 aliphatic rings. The minimum Gasteiger partial charge on any atom is -0.780 e. The second-order valence-corrected chi connectivity index (χ2v) is 43.6. The Labute approximate surface area is 854 Å². The molecule has 7 aromatic rings. The summed E-state index contributed by atoms with van der Waals surface area (Å²) in [6, 6.07) is 0. The van der Waals surface area contributed by atoms with E-state index in [1.807, 2.05) is 0 Å². The highest BCUT2D eigenvalue weighted by Gasteiger charge is 2.58. The molecule has 11 unspecified atom stereocenters. The van der Waals surface area contributed by atoms with Crippen LogP contribution < -0.4 is 87.6 Å². The van der Waals surface area contributed by atoms with Gasteiger partial charge in [0.1, 0.15) is 128 Å². The van der Waals surface area contributed by atoms with Gasteiger partial charge in [-0.05, 0) is 41.0 Å². The van der Waals surface area contributed by atoms with Crippen molar-refractivity contribution in [3.63, 3.8) is 0 Å². The van der Waals surface area contributed by atoms with E-state index in [0.29, 0.717) is 0 Å². The number of anilines is 4. The lowest BCUT2D eigenvalue weighted by Crippen LogP contribution is -2.43. The molecule has 13 heterocycles.